The van der Waals surface area contributed by atoms with Crippen molar-refractivity contribution in [3.8, 4) is 11.5 Å². The Kier molecular flexibility index (Phi) is 6.51. The van der Waals surface area contributed by atoms with Crippen LogP contribution in [0.4, 0.5) is 0 Å². The highest BCUT2D eigenvalue weighted by Crippen LogP contribution is 2.48. The molecule has 0 bridgehead atoms. The van der Waals surface area contributed by atoms with Gasteiger partial charge in [0, 0.05) is 15.9 Å². The highest BCUT2D eigenvalue weighted by molar-refractivity contribution is 7.87. The number of fused-ring (bicyclic) bond motifs is 1. The van der Waals surface area contributed by atoms with Crippen molar-refractivity contribution in [2.24, 2.45) is 4.74 Å². The summed E-state index contributed by atoms with van der Waals surface area (Å²) in [4.78, 5) is 13.1. The average Bonchev–Trinajstić information content (AvgIpc) is 3.40. The van der Waals surface area contributed by atoms with Gasteiger partial charge in [0.25, 0.3) is 0 Å². The van der Waals surface area contributed by atoms with E-state index in [0.717, 1.165) is 21.5 Å². The molecule has 0 atom stereocenters. The molecule has 5 rings (SSSR count). The van der Waals surface area contributed by atoms with Crippen LogP contribution in [0.15, 0.2) is 120 Å². The zero-order valence-corrected chi connectivity index (χ0v) is 20.1. The van der Waals surface area contributed by atoms with Crippen molar-refractivity contribution in [1.29, 1.82) is 0 Å². The van der Waals surface area contributed by atoms with Crippen LogP contribution < -0.4 is 25.4 Å². The third-order valence-corrected chi connectivity index (χ3v) is 9.39. The Morgan fingerprint density at radius 3 is 1.80 bits per heavy atom. The standard InChI is InChI=1S/C29H24NO4P/c1-32-29(31)26(19-22-17-18-27-28(20-22)34-21-33-27)30-35(23-11-5-2-6-12-23,24-13-7-3-8-14-24)25-15-9-4-10-16-25/h2-20H,21H2,1H3/b26-19-. The van der Waals surface area contributed by atoms with Gasteiger partial charge >= 0.3 is 5.97 Å². The van der Waals surface area contributed by atoms with Crippen LogP contribution in [0.1, 0.15) is 5.56 Å². The topological polar surface area (TPSA) is 57.1 Å². The summed E-state index contributed by atoms with van der Waals surface area (Å²) in [6, 6.07) is 36.0. The zero-order valence-electron chi connectivity index (χ0n) is 19.2. The molecule has 0 saturated heterocycles. The number of ether oxygens (including phenoxy) is 3. The molecule has 1 aliphatic heterocycles. The van der Waals surface area contributed by atoms with Gasteiger partial charge in [-0.2, -0.15) is 0 Å². The summed E-state index contributed by atoms with van der Waals surface area (Å²) in [7, 11) is -1.26. The smallest absolute Gasteiger partial charge is 0.356 e. The predicted molar refractivity (Wildman–Crippen MR) is 140 cm³/mol. The molecule has 0 aliphatic carbocycles. The van der Waals surface area contributed by atoms with Crippen LogP contribution in [0, 0.1) is 0 Å². The van der Waals surface area contributed by atoms with Gasteiger partial charge in [0.2, 0.25) is 6.79 Å². The highest BCUT2D eigenvalue weighted by atomic mass is 31.2. The van der Waals surface area contributed by atoms with Crippen LogP contribution in [0.5, 0.6) is 11.5 Å². The second kappa shape index (κ2) is 10.0. The lowest BCUT2D eigenvalue weighted by Crippen LogP contribution is -2.26. The minimum Gasteiger partial charge on any atom is -0.464 e. The third kappa shape index (κ3) is 4.51. The van der Waals surface area contributed by atoms with E-state index in [2.05, 4.69) is 36.4 Å². The summed E-state index contributed by atoms with van der Waals surface area (Å²) in [5, 5.41) is 3.12. The lowest BCUT2D eigenvalue weighted by molar-refractivity contribution is -0.136. The summed E-state index contributed by atoms with van der Waals surface area (Å²) < 4.78 is 21.4. The van der Waals surface area contributed by atoms with E-state index in [9.17, 15) is 4.79 Å². The number of nitrogens with zero attached hydrogens (tertiary/aromatic N) is 1. The van der Waals surface area contributed by atoms with Gasteiger partial charge in [-0.15, -0.1) is 0 Å². The minimum absolute atomic E-state index is 0.182. The summed E-state index contributed by atoms with van der Waals surface area (Å²) in [6.45, 7) is 0.182. The van der Waals surface area contributed by atoms with Crippen molar-refractivity contribution in [1.82, 2.24) is 0 Å². The van der Waals surface area contributed by atoms with E-state index in [1.165, 1.54) is 7.11 Å². The fourth-order valence-electron chi connectivity index (χ4n) is 4.11. The molecule has 0 aromatic heterocycles. The van der Waals surface area contributed by atoms with Crippen LogP contribution in [0.2, 0.25) is 0 Å². The van der Waals surface area contributed by atoms with E-state index in [0.29, 0.717) is 11.5 Å². The molecule has 0 radical (unpaired) electrons. The van der Waals surface area contributed by atoms with Crippen LogP contribution >= 0.6 is 7.05 Å². The number of rotatable bonds is 6. The van der Waals surface area contributed by atoms with E-state index in [1.54, 1.807) is 6.08 Å². The molecule has 0 saturated carbocycles. The molecule has 5 nitrogen and oxygen atoms in total. The second-order valence-electron chi connectivity index (χ2n) is 7.88. The Bertz CT molecular complexity index is 1310. The van der Waals surface area contributed by atoms with Crippen molar-refractivity contribution in [3.63, 3.8) is 0 Å². The van der Waals surface area contributed by atoms with Crippen LogP contribution in [-0.2, 0) is 9.53 Å². The molecule has 35 heavy (non-hydrogen) atoms. The number of hydrogen-bond acceptors (Lipinski definition) is 5. The molecule has 174 valence electrons. The molecule has 0 N–H and O–H groups in total. The van der Waals surface area contributed by atoms with E-state index < -0.39 is 13.0 Å². The summed E-state index contributed by atoms with van der Waals surface area (Å²) in [5.41, 5.74) is 1.00. The quantitative estimate of drug-likeness (QED) is 0.218. The van der Waals surface area contributed by atoms with Gasteiger partial charge in [-0.1, -0.05) is 97.1 Å². The monoisotopic (exact) mass is 481 g/mol. The maximum atomic E-state index is 13.1. The normalized spacial score (nSPS) is 12.8. The molecule has 4 aromatic carbocycles. The SMILES string of the molecule is COC(=O)/C(=C/c1ccc2c(c1)OCO2)N=P(c1ccccc1)(c1ccccc1)c1ccccc1. The Labute approximate surface area is 204 Å². The van der Waals surface area contributed by atoms with Gasteiger partial charge in [-0.3, -0.25) is 0 Å². The first-order valence-electron chi connectivity index (χ1n) is 11.2. The van der Waals surface area contributed by atoms with Gasteiger partial charge < -0.3 is 14.2 Å². The van der Waals surface area contributed by atoms with Gasteiger partial charge in [0.1, 0.15) is 5.70 Å². The molecular weight excluding hydrogens is 457 g/mol. The third-order valence-electron chi connectivity index (χ3n) is 5.74. The number of esters is 1. The Morgan fingerprint density at radius 2 is 1.29 bits per heavy atom. The lowest BCUT2D eigenvalue weighted by atomic mass is 10.1. The Morgan fingerprint density at radius 1 is 0.771 bits per heavy atom. The van der Waals surface area contributed by atoms with Gasteiger partial charge in [0.15, 0.2) is 11.5 Å². The van der Waals surface area contributed by atoms with Crippen LogP contribution in [-0.4, -0.2) is 19.9 Å². The Hall–Kier alpha value is -4.08. The van der Waals surface area contributed by atoms with Crippen molar-refractivity contribution < 1.29 is 19.0 Å². The number of hydrogen-bond donors (Lipinski definition) is 0. The minimum atomic E-state index is -2.63. The molecule has 4 aromatic rings. The number of methoxy groups -OCH3 is 1. The van der Waals surface area contributed by atoms with Crippen molar-refractivity contribution in [3.05, 3.63) is 120 Å². The highest BCUT2D eigenvalue weighted by Gasteiger charge is 2.29. The average molecular weight is 481 g/mol. The van der Waals surface area contributed by atoms with E-state index in [-0.39, 0.29) is 12.5 Å². The van der Waals surface area contributed by atoms with E-state index >= 15 is 0 Å². The van der Waals surface area contributed by atoms with Crippen LogP contribution in [0.25, 0.3) is 6.08 Å². The molecule has 1 aliphatic rings. The fourth-order valence-corrected chi connectivity index (χ4v) is 7.62. The summed E-state index contributed by atoms with van der Waals surface area (Å²) in [5.74, 6) is 0.812. The molecule has 0 spiro atoms. The zero-order chi connectivity index (χ0) is 24.1. The van der Waals surface area contributed by atoms with Crippen molar-refractivity contribution in [2.45, 2.75) is 0 Å². The molecule has 6 heteroatoms. The largest absolute Gasteiger partial charge is 0.464 e. The fraction of sp³-hybridized carbons (Fsp3) is 0.0690. The Balaban J connectivity index is 1.82. The maximum absolute atomic E-state index is 13.1. The predicted octanol–water partition coefficient (Wildman–Crippen LogP) is 5.11. The maximum Gasteiger partial charge on any atom is 0.356 e. The van der Waals surface area contributed by atoms with Gasteiger partial charge in [-0.25, -0.2) is 9.54 Å². The summed E-state index contributed by atoms with van der Waals surface area (Å²) in [6.07, 6.45) is 1.75. The van der Waals surface area contributed by atoms with E-state index in [1.807, 2.05) is 72.8 Å². The molecular formula is C29H24NO4P. The summed E-state index contributed by atoms with van der Waals surface area (Å²) >= 11 is 0. The van der Waals surface area contributed by atoms with Crippen molar-refractivity contribution in [2.75, 3.05) is 13.9 Å². The number of carbonyl (C=O) groups is 1. The first-order chi connectivity index (χ1) is 17.2. The second-order valence-corrected chi connectivity index (χ2v) is 10.9. The van der Waals surface area contributed by atoms with E-state index in [4.69, 9.17) is 19.0 Å². The van der Waals surface area contributed by atoms with Crippen LogP contribution in [0.3, 0.4) is 0 Å². The molecule has 1 heterocycles. The molecule has 0 amide bonds. The molecule has 0 fully saturated rings. The number of carbonyl (C=O) groups excluding carboxylic acids is 1. The van der Waals surface area contributed by atoms with Gasteiger partial charge in [-0.05, 0) is 23.8 Å². The number of benzene rings is 4. The van der Waals surface area contributed by atoms with Crippen molar-refractivity contribution >= 4 is 35.0 Å². The first-order valence-corrected chi connectivity index (χ1v) is 12.9. The lowest BCUT2D eigenvalue weighted by Gasteiger charge is -2.27. The first kappa shape index (κ1) is 22.7. The molecule has 0 unspecified atom stereocenters. The van der Waals surface area contributed by atoms with Gasteiger partial charge in [0.05, 0.1) is 14.2 Å².